The smallest absolute Gasteiger partial charge is 0.293 e. The van der Waals surface area contributed by atoms with Crippen molar-refractivity contribution < 1.29 is 0 Å². The number of nitrogens with zero attached hydrogens (tertiary/aromatic N) is 5. The van der Waals surface area contributed by atoms with Crippen LogP contribution >= 0.6 is 0 Å². The third kappa shape index (κ3) is 3.07. The van der Waals surface area contributed by atoms with Crippen LogP contribution in [0.5, 0.6) is 0 Å². The fourth-order valence-corrected chi connectivity index (χ4v) is 2.57. The zero-order valence-corrected chi connectivity index (χ0v) is 15.0. The van der Waals surface area contributed by atoms with E-state index in [0.717, 1.165) is 0 Å². The molecule has 0 saturated heterocycles. The van der Waals surface area contributed by atoms with Crippen molar-refractivity contribution in [1.82, 2.24) is 20.0 Å². The van der Waals surface area contributed by atoms with Gasteiger partial charge in [0.25, 0.3) is 5.56 Å². The molecule has 8 nitrogen and oxygen atoms in total. The van der Waals surface area contributed by atoms with Crippen LogP contribution < -0.4 is 5.56 Å². The van der Waals surface area contributed by atoms with Crippen LogP contribution in [0.25, 0.3) is 5.69 Å². The number of hydrogen-bond acceptors (Lipinski definition) is 5. The van der Waals surface area contributed by atoms with Gasteiger partial charge in [-0.1, -0.05) is 39.0 Å². The molecular weight excluding hydrogens is 330 g/mol. The molecular formula is C18H19N7O. The molecule has 0 unspecified atom stereocenters. The van der Waals surface area contributed by atoms with Crippen molar-refractivity contribution in [3.05, 3.63) is 57.6 Å². The highest BCUT2D eigenvalue weighted by atomic mass is 16.1. The van der Waals surface area contributed by atoms with Crippen molar-refractivity contribution in [1.29, 1.82) is 5.26 Å². The molecule has 0 fully saturated rings. The van der Waals surface area contributed by atoms with E-state index in [4.69, 9.17) is 0 Å². The summed E-state index contributed by atoms with van der Waals surface area (Å²) in [5.41, 5.74) is 1.87. The van der Waals surface area contributed by atoms with Crippen molar-refractivity contribution in [2.24, 2.45) is 10.2 Å². The Balaban J connectivity index is 2.01. The van der Waals surface area contributed by atoms with Crippen LogP contribution in [0.3, 0.4) is 0 Å². The molecule has 8 heteroatoms. The van der Waals surface area contributed by atoms with E-state index in [-0.39, 0.29) is 22.5 Å². The van der Waals surface area contributed by atoms with Crippen molar-refractivity contribution >= 4 is 11.5 Å². The number of aryl methyl sites for hydroxylation is 1. The van der Waals surface area contributed by atoms with Gasteiger partial charge in [-0.05, 0) is 19.1 Å². The van der Waals surface area contributed by atoms with Gasteiger partial charge in [-0.25, -0.2) is 4.68 Å². The SMILES string of the molecule is Cc1[nH]n(-c2ccccc2)c(=O)c1N=Nc1n[nH]c(C(C)(C)C)c1C#N. The van der Waals surface area contributed by atoms with E-state index in [1.54, 1.807) is 6.92 Å². The van der Waals surface area contributed by atoms with Gasteiger partial charge in [0, 0.05) is 5.41 Å². The van der Waals surface area contributed by atoms with Gasteiger partial charge in [-0.2, -0.15) is 10.4 Å². The van der Waals surface area contributed by atoms with E-state index in [9.17, 15) is 10.1 Å². The fraction of sp³-hybridized carbons (Fsp3) is 0.278. The number of nitriles is 1. The lowest BCUT2D eigenvalue weighted by molar-refractivity contribution is 0.565. The molecule has 2 aromatic heterocycles. The zero-order valence-electron chi connectivity index (χ0n) is 15.0. The molecule has 0 aliphatic carbocycles. The summed E-state index contributed by atoms with van der Waals surface area (Å²) >= 11 is 0. The topological polar surface area (TPSA) is 115 Å². The zero-order chi connectivity index (χ0) is 18.9. The van der Waals surface area contributed by atoms with E-state index in [2.05, 4.69) is 31.6 Å². The van der Waals surface area contributed by atoms with Gasteiger partial charge in [-0.3, -0.25) is 15.0 Å². The second-order valence-electron chi connectivity index (χ2n) is 6.92. The molecule has 132 valence electrons. The van der Waals surface area contributed by atoms with E-state index >= 15 is 0 Å². The highest BCUT2D eigenvalue weighted by molar-refractivity contribution is 5.52. The number of rotatable bonds is 3. The van der Waals surface area contributed by atoms with Crippen molar-refractivity contribution in [3.8, 4) is 11.8 Å². The van der Waals surface area contributed by atoms with Crippen LogP contribution in [0.2, 0.25) is 0 Å². The van der Waals surface area contributed by atoms with E-state index < -0.39 is 0 Å². The molecule has 2 heterocycles. The Bertz CT molecular complexity index is 1060. The summed E-state index contributed by atoms with van der Waals surface area (Å²) in [5.74, 6) is 0.170. The first-order chi connectivity index (χ1) is 12.3. The Kier molecular flexibility index (Phi) is 4.30. The van der Waals surface area contributed by atoms with Gasteiger partial charge in [0.2, 0.25) is 5.82 Å². The van der Waals surface area contributed by atoms with E-state index in [1.165, 1.54) is 4.68 Å². The van der Waals surface area contributed by atoms with Gasteiger partial charge in [0.1, 0.15) is 11.6 Å². The molecule has 26 heavy (non-hydrogen) atoms. The summed E-state index contributed by atoms with van der Waals surface area (Å²) < 4.78 is 1.40. The molecule has 3 rings (SSSR count). The number of nitrogens with one attached hydrogen (secondary N) is 2. The van der Waals surface area contributed by atoms with Gasteiger partial charge < -0.3 is 0 Å². The van der Waals surface area contributed by atoms with Crippen molar-refractivity contribution in [3.63, 3.8) is 0 Å². The minimum Gasteiger partial charge on any atom is -0.293 e. The highest BCUT2D eigenvalue weighted by Gasteiger charge is 2.24. The maximum atomic E-state index is 12.6. The minimum atomic E-state index is -0.317. The predicted octanol–water partition coefficient (Wildman–Crippen LogP) is 3.78. The summed E-state index contributed by atoms with van der Waals surface area (Å²) in [6, 6.07) is 11.3. The molecule has 0 saturated carbocycles. The second kappa shape index (κ2) is 6.44. The lowest BCUT2D eigenvalue weighted by atomic mass is 9.90. The number of azo groups is 1. The number of aromatic amines is 2. The van der Waals surface area contributed by atoms with Gasteiger partial charge >= 0.3 is 0 Å². The molecule has 3 aromatic rings. The van der Waals surface area contributed by atoms with Crippen LogP contribution in [0, 0.1) is 18.3 Å². The normalized spacial score (nSPS) is 11.8. The first-order valence-corrected chi connectivity index (χ1v) is 8.10. The molecule has 0 bridgehead atoms. The monoisotopic (exact) mass is 349 g/mol. The molecule has 0 amide bonds. The standard InChI is InChI=1S/C18H19N7O/c1-11-14(17(26)25(24-11)12-8-6-5-7-9-12)20-22-16-13(10-19)15(21-23-16)18(2,3)4/h5-9,24H,1-4H3,(H,21,23). The summed E-state index contributed by atoms with van der Waals surface area (Å²) in [5, 5.41) is 27.4. The van der Waals surface area contributed by atoms with Crippen LogP contribution in [0.4, 0.5) is 11.5 Å². The Labute approximate surface area is 150 Å². The van der Waals surface area contributed by atoms with Crippen LogP contribution in [0.15, 0.2) is 45.4 Å². The summed E-state index contributed by atoms with van der Waals surface area (Å²) in [4.78, 5) is 12.6. The van der Waals surface area contributed by atoms with Gasteiger partial charge in [0.15, 0.2) is 5.69 Å². The fourth-order valence-electron chi connectivity index (χ4n) is 2.57. The average molecular weight is 349 g/mol. The third-order valence-corrected chi connectivity index (χ3v) is 3.91. The minimum absolute atomic E-state index is 0.170. The highest BCUT2D eigenvalue weighted by Crippen LogP contribution is 2.29. The second-order valence-corrected chi connectivity index (χ2v) is 6.92. The summed E-state index contributed by atoms with van der Waals surface area (Å²) in [7, 11) is 0. The van der Waals surface area contributed by atoms with E-state index in [1.807, 2.05) is 51.1 Å². The Morgan fingerprint density at radius 1 is 1.19 bits per heavy atom. The molecule has 2 N–H and O–H groups in total. The molecule has 0 radical (unpaired) electrons. The van der Waals surface area contributed by atoms with Crippen LogP contribution in [-0.4, -0.2) is 20.0 Å². The number of hydrogen-bond donors (Lipinski definition) is 2. The lowest BCUT2D eigenvalue weighted by Crippen LogP contribution is -2.13. The van der Waals surface area contributed by atoms with Gasteiger partial charge in [-0.15, -0.1) is 10.2 Å². The van der Waals surface area contributed by atoms with Crippen molar-refractivity contribution in [2.75, 3.05) is 0 Å². The van der Waals surface area contributed by atoms with Crippen LogP contribution in [0.1, 0.15) is 37.7 Å². The Morgan fingerprint density at radius 3 is 2.50 bits per heavy atom. The van der Waals surface area contributed by atoms with Crippen LogP contribution in [-0.2, 0) is 5.41 Å². The number of benzene rings is 1. The number of aromatic nitrogens is 4. The molecule has 0 aliphatic rings. The first kappa shape index (κ1) is 17.4. The summed E-state index contributed by atoms with van der Waals surface area (Å²) in [6.07, 6.45) is 0. The maximum Gasteiger partial charge on any atom is 0.299 e. The molecule has 0 atom stereocenters. The maximum absolute atomic E-state index is 12.6. The Hall–Kier alpha value is -3.47. The molecule has 0 spiro atoms. The van der Waals surface area contributed by atoms with Crippen molar-refractivity contribution in [2.45, 2.75) is 33.1 Å². The van der Waals surface area contributed by atoms with Gasteiger partial charge in [0.05, 0.1) is 17.1 Å². The molecule has 1 aromatic carbocycles. The number of H-pyrrole nitrogens is 2. The van der Waals surface area contributed by atoms with E-state index in [0.29, 0.717) is 22.6 Å². The number of para-hydroxylation sites is 1. The average Bonchev–Trinajstić information content (AvgIpc) is 3.14. The lowest BCUT2D eigenvalue weighted by Gasteiger charge is -2.15. The largest absolute Gasteiger partial charge is 0.299 e. The first-order valence-electron chi connectivity index (χ1n) is 8.10. The third-order valence-electron chi connectivity index (χ3n) is 3.91. The summed E-state index contributed by atoms with van der Waals surface area (Å²) in [6.45, 7) is 7.65. The Morgan fingerprint density at radius 2 is 1.88 bits per heavy atom. The predicted molar refractivity (Wildman–Crippen MR) is 97.3 cm³/mol. The molecule has 0 aliphatic heterocycles. The quantitative estimate of drug-likeness (QED) is 0.701.